The summed E-state index contributed by atoms with van der Waals surface area (Å²) in [5.41, 5.74) is 0.770. The van der Waals surface area contributed by atoms with Crippen molar-refractivity contribution in [2.24, 2.45) is 0 Å². The summed E-state index contributed by atoms with van der Waals surface area (Å²) in [6.45, 7) is 1.80. The van der Waals surface area contributed by atoms with Gasteiger partial charge in [0.2, 0.25) is 0 Å². The fraction of sp³-hybridized carbons (Fsp3) is 0.190. The molecule has 0 aliphatic heterocycles. The van der Waals surface area contributed by atoms with Crippen LogP contribution < -0.4 is 14.4 Å². The van der Waals surface area contributed by atoms with Crippen LogP contribution in [0.15, 0.2) is 76.2 Å². The van der Waals surface area contributed by atoms with E-state index >= 15 is 0 Å². The first-order valence-corrected chi connectivity index (χ1v) is 10.3. The van der Waals surface area contributed by atoms with E-state index in [2.05, 4.69) is 5.32 Å². The number of amides is 1. The lowest BCUT2D eigenvalue weighted by Gasteiger charge is -2.21. The molecule has 1 aromatic heterocycles. The van der Waals surface area contributed by atoms with Crippen molar-refractivity contribution < 1.29 is 22.4 Å². The molecule has 3 rings (SSSR count). The van der Waals surface area contributed by atoms with Gasteiger partial charge in [-0.15, -0.1) is 0 Å². The van der Waals surface area contributed by atoms with E-state index in [1.807, 2.05) is 0 Å². The Balaban J connectivity index is 1.79. The minimum Gasteiger partial charge on any atom is -0.495 e. The Morgan fingerprint density at radius 1 is 1.07 bits per heavy atom. The third-order valence-corrected chi connectivity index (χ3v) is 6.30. The first kappa shape index (κ1) is 20.5. The second-order valence-corrected chi connectivity index (χ2v) is 8.35. The van der Waals surface area contributed by atoms with Crippen LogP contribution in [0.2, 0.25) is 0 Å². The SMILES string of the molecule is COc1ccccc1N(C)S(=O)(=O)c1ccc(C(=O)N[C@H](C)c2ccco2)cc1. The number of hydrogen-bond acceptors (Lipinski definition) is 5. The third-order valence-electron chi connectivity index (χ3n) is 4.52. The second kappa shape index (κ2) is 8.40. The van der Waals surface area contributed by atoms with E-state index in [0.717, 1.165) is 4.31 Å². The quantitative estimate of drug-likeness (QED) is 0.638. The number of methoxy groups -OCH3 is 1. The summed E-state index contributed by atoms with van der Waals surface area (Å²) in [4.78, 5) is 12.5. The lowest BCUT2D eigenvalue weighted by Crippen LogP contribution is -2.28. The molecule has 0 spiro atoms. The topological polar surface area (TPSA) is 88.8 Å². The summed E-state index contributed by atoms with van der Waals surface area (Å²) in [7, 11) is -0.879. The molecule has 29 heavy (non-hydrogen) atoms. The zero-order valence-corrected chi connectivity index (χ0v) is 17.1. The maximum absolute atomic E-state index is 13.0. The van der Waals surface area contributed by atoms with E-state index in [9.17, 15) is 13.2 Å². The zero-order valence-electron chi connectivity index (χ0n) is 16.3. The van der Waals surface area contributed by atoms with Crippen LogP contribution in [0.1, 0.15) is 29.1 Å². The molecule has 152 valence electrons. The van der Waals surface area contributed by atoms with Gasteiger partial charge in [0.15, 0.2) is 0 Å². The van der Waals surface area contributed by atoms with Crippen LogP contribution in [0, 0.1) is 0 Å². The van der Waals surface area contributed by atoms with E-state index in [1.165, 1.54) is 44.7 Å². The van der Waals surface area contributed by atoms with Crippen LogP contribution in [0.5, 0.6) is 5.75 Å². The summed E-state index contributed by atoms with van der Waals surface area (Å²) in [5.74, 6) is 0.758. The summed E-state index contributed by atoms with van der Waals surface area (Å²) < 4.78 is 37.6. The van der Waals surface area contributed by atoms with Crippen molar-refractivity contribution in [3.05, 3.63) is 78.3 Å². The minimum absolute atomic E-state index is 0.0709. The highest BCUT2D eigenvalue weighted by molar-refractivity contribution is 7.92. The van der Waals surface area contributed by atoms with Crippen LogP contribution in [0.3, 0.4) is 0 Å². The van der Waals surface area contributed by atoms with Gasteiger partial charge in [0.25, 0.3) is 15.9 Å². The molecule has 1 heterocycles. The largest absolute Gasteiger partial charge is 0.495 e. The van der Waals surface area contributed by atoms with Crippen LogP contribution in [-0.2, 0) is 10.0 Å². The molecule has 0 aliphatic carbocycles. The third kappa shape index (κ3) is 4.27. The molecule has 0 radical (unpaired) electrons. The van der Waals surface area contributed by atoms with Crippen LogP contribution in [0.4, 0.5) is 5.69 Å². The highest BCUT2D eigenvalue weighted by Crippen LogP contribution is 2.30. The van der Waals surface area contributed by atoms with Crippen LogP contribution >= 0.6 is 0 Å². The average molecular weight is 414 g/mol. The molecule has 0 unspecified atom stereocenters. The molecule has 0 saturated heterocycles. The number of para-hydroxylation sites is 2. The summed E-state index contributed by atoms with van der Waals surface area (Å²) >= 11 is 0. The van der Waals surface area contributed by atoms with Gasteiger partial charge in [0.05, 0.1) is 30.0 Å². The van der Waals surface area contributed by atoms with Gasteiger partial charge < -0.3 is 14.5 Å². The second-order valence-electron chi connectivity index (χ2n) is 6.38. The molecule has 1 atom stereocenters. The van der Waals surface area contributed by atoms with Crippen LogP contribution in [0.25, 0.3) is 0 Å². The number of benzene rings is 2. The van der Waals surface area contributed by atoms with E-state index in [1.54, 1.807) is 43.3 Å². The van der Waals surface area contributed by atoms with Gasteiger partial charge in [-0.05, 0) is 55.5 Å². The molecule has 1 N–H and O–H groups in total. The molecule has 3 aromatic rings. The van der Waals surface area contributed by atoms with E-state index in [4.69, 9.17) is 9.15 Å². The molecule has 0 aliphatic rings. The highest BCUT2D eigenvalue weighted by atomic mass is 32.2. The molecular weight excluding hydrogens is 392 g/mol. The van der Waals surface area contributed by atoms with Crippen molar-refractivity contribution in [1.29, 1.82) is 0 Å². The van der Waals surface area contributed by atoms with Crippen molar-refractivity contribution in [3.63, 3.8) is 0 Å². The van der Waals surface area contributed by atoms with Crippen LogP contribution in [-0.4, -0.2) is 28.5 Å². The van der Waals surface area contributed by atoms with Gasteiger partial charge in [0, 0.05) is 12.6 Å². The maximum Gasteiger partial charge on any atom is 0.264 e. The van der Waals surface area contributed by atoms with Gasteiger partial charge in [-0.2, -0.15) is 0 Å². The molecule has 0 fully saturated rings. The minimum atomic E-state index is -3.82. The lowest BCUT2D eigenvalue weighted by atomic mass is 10.2. The van der Waals surface area contributed by atoms with Crippen molar-refractivity contribution >= 4 is 21.6 Å². The highest BCUT2D eigenvalue weighted by Gasteiger charge is 2.24. The van der Waals surface area contributed by atoms with Crippen molar-refractivity contribution in [2.45, 2.75) is 17.9 Å². The first-order chi connectivity index (χ1) is 13.8. The predicted octanol–water partition coefficient (Wildman–Crippen LogP) is 3.60. The molecule has 2 aromatic carbocycles. The Labute approximate surface area is 170 Å². The van der Waals surface area contributed by atoms with Gasteiger partial charge in [-0.25, -0.2) is 8.42 Å². The average Bonchev–Trinajstić information content (AvgIpc) is 3.28. The summed E-state index contributed by atoms with van der Waals surface area (Å²) in [6, 6.07) is 15.8. The Kier molecular flexibility index (Phi) is 5.93. The maximum atomic E-state index is 13.0. The van der Waals surface area contributed by atoms with Crippen molar-refractivity contribution in [3.8, 4) is 5.75 Å². The molecule has 7 nitrogen and oxygen atoms in total. The number of nitrogens with zero attached hydrogens (tertiary/aromatic N) is 1. The van der Waals surface area contributed by atoms with Gasteiger partial charge in [-0.3, -0.25) is 9.10 Å². The normalized spacial score (nSPS) is 12.2. The van der Waals surface area contributed by atoms with Gasteiger partial charge in [-0.1, -0.05) is 12.1 Å². The molecule has 8 heteroatoms. The number of nitrogens with one attached hydrogen (secondary N) is 1. The number of hydrogen-bond donors (Lipinski definition) is 1. The van der Waals surface area contributed by atoms with E-state index < -0.39 is 10.0 Å². The first-order valence-electron chi connectivity index (χ1n) is 8.91. The summed E-state index contributed by atoms with van der Waals surface area (Å²) in [6.07, 6.45) is 1.54. The Bertz CT molecular complexity index is 1080. The number of anilines is 1. The summed E-state index contributed by atoms with van der Waals surface area (Å²) in [5, 5.41) is 2.81. The fourth-order valence-corrected chi connectivity index (χ4v) is 4.05. The molecular formula is C21H22N2O5S. The number of ether oxygens (including phenoxy) is 1. The van der Waals surface area contributed by atoms with E-state index in [0.29, 0.717) is 22.8 Å². The van der Waals surface area contributed by atoms with E-state index in [-0.39, 0.29) is 16.8 Å². The molecule has 0 saturated carbocycles. The monoisotopic (exact) mass is 414 g/mol. The van der Waals surface area contributed by atoms with Gasteiger partial charge in [0.1, 0.15) is 11.5 Å². The Morgan fingerprint density at radius 2 is 1.76 bits per heavy atom. The number of sulfonamides is 1. The lowest BCUT2D eigenvalue weighted by molar-refractivity contribution is 0.0935. The van der Waals surface area contributed by atoms with Crippen molar-refractivity contribution in [2.75, 3.05) is 18.5 Å². The zero-order chi connectivity index (χ0) is 21.0. The molecule has 1 amide bonds. The Morgan fingerprint density at radius 3 is 2.38 bits per heavy atom. The standard InChI is InChI=1S/C21H22N2O5S/c1-15(19-9-6-14-28-19)22-21(24)16-10-12-17(13-11-16)29(25,26)23(2)18-7-4-5-8-20(18)27-3/h4-15H,1-3H3,(H,22,24)/t15-/m1/s1. The number of rotatable bonds is 7. The fourth-order valence-electron chi connectivity index (χ4n) is 2.84. The predicted molar refractivity (Wildman–Crippen MR) is 110 cm³/mol. The van der Waals surface area contributed by atoms with Crippen molar-refractivity contribution in [1.82, 2.24) is 5.32 Å². The number of carbonyl (C=O) groups excluding carboxylic acids is 1. The van der Waals surface area contributed by atoms with Gasteiger partial charge >= 0.3 is 0 Å². The number of carbonyl (C=O) groups is 1. The number of furan rings is 1. The molecule has 0 bridgehead atoms. The Hall–Kier alpha value is -3.26. The smallest absolute Gasteiger partial charge is 0.264 e.